The molecule has 1 fully saturated rings. The molecule has 138 valence electrons. The maximum Gasteiger partial charge on any atom is 0.224 e. The van der Waals surface area contributed by atoms with E-state index in [0.717, 1.165) is 11.3 Å². The molecule has 0 radical (unpaired) electrons. The Labute approximate surface area is 152 Å². The van der Waals surface area contributed by atoms with Crippen LogP contribution in [0.5, 0.6) is 0 Å². The maximum absolute atomic E-state index is 12.9. The fourth-order valence-electron chi connectivity index (χ4n) is 3.14. The molecule has 1 N–H and O–H groups in total. The molecule has 0 bridgehead atoms. The Bertz CT molecular complexity index is 772. The summed E-state index contributed by atoms with van der Waals surface area (Å²) in [7, 11) is 0. The lowest BCUT2D eigenvalue weighted by molar-refractivity contribution is -0.127. The second-order valence-electron chi connectivity index (χ2n) is 6.63. The normalized spacial score (nSPS) is 16.9. The average Bonchev–Trinajstić information content (AvgIpc) is 3.17. The molecule has 1 aromatic heterocycles. The number of halogens is 1. The minimum atomic E-state index is -0.265. The van der Waals surface area contributed by atoms with Crippen molar-refractivity contribution in [3.63, 3.8) is 0 Å². The van der Waals surface area contributed by atoms with Crippen LogP contribution in [0, 0.1) is 12.7 Å². The van der Waals surface area contributed by atoms with Gasteiger partial charge in [0, 0.05) is 44.4 Å². The fourth-order valence-corrected chi connectivity index (χ4v) is 3.14. The van der Waals surface area contributed by atoms with Crippen LogP contribution >= 0.6 is 0 Å². The Morgan fingerprint density at radius 3 is 2.73 bits per heavy atom. The monoisotopic (exact) mass is 358 g/mol. The van der Waals surface area contributed by atoms with Crippen molar-refractivity contribution < 1.29 is 14.0 Å². The SMILES string of the molecule is Cc1ccnn1CCC(=O)N[C@H]1CC(=O)N(CCc2ccc(F)cc2)C1. The molecule has 3 rings (SSSR count). The van der Waals surface area contributed by atoms with Crippen LogP contribution in [0.3, 0.4) is 0 Å². The Morgan fingerprint density at radius 2 is 2.04 bits per heavy atom. The number of carbonyl (C=O) groups is 2. The van der Waals surface area contributed by atoms with Crippen molar-refractivity contribution in [1.82, 2.24) is 20.0 Å². The van der Waals surface area contributed by atoms with Gasteiger partial charge in [-0.25, -0.2) is 4.39 Å². The Hall–Kier alpha value is -2.70. The first kappa shape index (κ1) is 18.1. The van der Waals surface area contributed by atoms with Crippen molar-refractivity contribution in [1.29, 1.82) is 0 Å². The van der Waals surface area contributed by atoms with E-state index in [1.807, 2.05) is 13.0 Å². The standard InChI is InChI=1S/C19H23FN4O2/c1-14-6-9-21-24(14)11-8-18(25)22-17-12-19(26)23(13-17)10-7-15-2-4-16(20)5-3-15/h2-6,9,17H,7-8,10-13H2,1H3,(H,22,25)/t17-/m0/s1. The summed E-state index contributed by atoms with van der Waals surface area (Å²) < 4.78 is 14.7. The number of aryl methyl sites for hydroxylation is 2. The van der Waals surface area contributed by atoms with E-state index in [1.54, 1.807) is 27.9 Å². The van der Waals surface area contributed by atoms with Gasteiger partial charge in [-0.05, 0) is 37.1 Å². The number of rotatable bonds is 7. The van der Waals surface area contributed by atoms with Crippen molar-refractivity contribution in [2.75, 3.05) is 13.1 Å². The summed E-state index contributed by atoms with van der Waals surface area (Å²) in [6.45, 7) is 3.56. The number of likely N-dealkylation sites (tertiary alicyclic amines) is 1. The molecule has 26 heavy (non-hydrogen) atoms. The van der Waals surface area contributed by atoms with Crippen LogP contribution in [-0.4, -0.2) is 45.6 Å². The van der Waals surface area contributed by atoms with E-state index in [9.17, 15) is 14.0 Å². The molecule has 0 unspecified atom stereocenters. The maximum atomic E-state index is 12.9. The first-order valence-corrected chi connectivity index (χ1v) is 8.81. The number of nitrogens with zero attached hydrogens (tertiary/aromatic N) is 3. The fraction of sp³-hybridized carbons (Fsp3) is 0.421. The van der Waals surface area contributed by atoms with Crippen LogP contribution in [0.25, 0.3) is 0 Å². The van der Waals surface area contributed by atoms with Gasteiger partial charge in [0.15, 0.2) is 0 Å². The molecule has 1 atom stereocenters. The molecule has 0 saturated carbocycles. The van der Waals surface area contributed by atoms with E-state index in [1.165, 1.54) is 12.1 Å². The van der Waals surface area contributed by atoms with Gasteiger partial charge in [0.1, 0.15) is 5.82 Å². The molecule has 1 aromatic carbocycles. The molecular weight excluding hydrogens is 335 g/mol. The van der Waals surface area contributed by atoms with Crippen LogP contribution in [0.1, 0.15) is 24.1 Å². The molecular formula is C19H23FN4O2. The summed E-state index contributed by atoms with van der Waals surface area (Å²) in [6, 6.07) is 8.05. The Morgan fingerprint density at radius 1 is 1.27 bits per heavy atom. The highest BCUT2D eigenvalue weighted by Gasteiger charge is 2.30. The van der Waals surface area contributed by atoms with Crippen molar-refractivity contribution in [3.8, 4) is 0 Å². The summed E-state index contributed by atoms with van der Waals surface area (Å²) in [5.41, 5.74) is 2.00. The highest BCUT2D eigenvalue weighted by Crippen LogP contribution is 2.13. The summed E-state index contributed by atoms with van der Waals surface area (Å²) >= 11 is 0. The molecule has 1 aliphatic heterocycles. The quantitative estimate of drug-likeness (QED) is 0.819. The van der Waals surface area contributed by atoms with Crippen molar-refractivity contribution in [2.24, 2.45) is 0 Å². The van der Waals surface area contributed by atoms with Gasteiger partial charge >= 0.3 is 0 Å². The molecule has 2 amide bonds. The topological polar surface area (TPSA) is 67.2 Å². The summed E-state index contributed by atoms with van der Waals surface area (Å²) in [6.07, 6.45) is 3.05. The van der Waals surface area contributed by atoms with E-state index >= 15 is 0 Å². The van der Waals surface area contributed by atoms with Crippen LogP contribution in [0.2, 0.25) is 0 Å². The van der Waals surface area contributed by atoms with Crippen molar-refractivity contribution in [3.05, 3.63) is 53.6 Å². The van der Waals surface area contributed by atoms with Crippen LogP contribution in [0.4, 0.5) is 4.39 Å². The zero-order valence-electron chi connectivity index (χ0n) is 14.8. The lowest BCUT2D eigenvalue weighted by Gasteiger charge is -2.17. The molecule has 0 aliphatic carbocycles. The van der Waals surface area contributed by atoms with E-state index in [-0.39, 0.29) is 23.7 Å². The van der Waals surface area contributed by atoms with E-state index in [2.05, 4.69) is 10.4 Å². The second-order valence-corrected chi connectivity index (χ2v) is 6.63. The Kier molecular flexibility index (Phi) is 5.65. The highest BCUT2D eigenvalue weighted by molar-refractivity contribution is 5.82. The largest absolute Gasteiger partial charge is 0.351 e. The third-order valence-electron chi connectivity index (χ3n) is 4.64. The zero-order valence-corrected chi connectivity index (χ0v) is 14.8. The smallest absolute Gasteiger partial charge is 0.224 e. The number of hydrogen-bond donors (Lipinski definition) is 1. The molecule has 2 aromatic rings. The van der Waals surface area contributed by atoms with Crippen LogP contribution in [0.15, 0.2) is 36.5 Å². The second kappa shape index (κ2) is 8.12. The van der Waals surface area contributed by atoms with Gasteiger partial charge in [0.2, 0.25) is 11.8 Å². The van der Waals surface area contributed by atoms with Gasteiger partial charge in [0.25, 0.3) is 0 Å². The predicted octanol–water partition coefficient (Wildman–Crippen LogP) is 1.68. The Balaban J connectivity index is 1.42. The number of hydrogen-bond acceptors (Lipinski definition) is 3. The van der Waals surface area contributed by atoms with E-state index in [0.29, 0.717) is 38.9 Å². The zero-order chi connectivity index (χ0) is 18.5. The molecule has 2 heterocycles. The molecule has 6 nitrogen and oxygen atoms in total. The van der Waals surface area contributed by atoms with Gasteiger partial charge in [-0.2, -0.15) is 5.10 Å². The third-order valence-corrected chi connectivity index (χ3v) is 4.64. The van der Waals surface area contributed by atoms with Gasteiger partial charge < -0.3 is 10.2 Å². The first-order valence-electron chi connectivity index (χ1n) is 8.81. The van der Waals surface area contributed by atoms with Gasteiger partial charge in [-0.1, -0.05) is 12.1 Å². The van der Waals surface area contributed by atoms with E-state index < -0.39 is 0 Å². The van der Waals surface area contributed by atoms with Gasteiger partial charge in [0.05, 0.1) is 6.04 Å². The van der Waals surface area contributed by atoms with E-state index in [4.69, 9.17) is 0 Å². The average molecular weight is 358 g/mol. The summed E-state index contributed by atoms with van der Waals surface area (Å²) in [4.78, 5) is 26.0. The molecule has 7 heteroatoms. The minimum absolute atomic E-state index is 0.0420. The summed E-state index contributed by atoms with van der Waals surface area (Å²) in [5, 5.41) is 7.09. The van der Waals surface area contributed by atoms with Crippen LogP contribution < -0.4 is 5.32 Å². The number of aromatic nitrogens is 2. The third kappa shape index (κ3) is 4.68. The molecule has 0 spiro atoms. The predicted molar refractivity (Wildman–Crippen MR) is 94.8 cm³/mol. The van der Waals surface area contributed by atoms with Crippen LogP contribution in [-0.2, 0) is 22.6 Å². The molecule has 1 saturated heterocycles. The number of carbonyl (C=O) groups excluding carboxylic acids is 2. The van der Waals surface area contributed by atoms with Gasteiger partial charge in [-0.15, -0.1) is 0 Å². The highest BCUT2D eigenvalue weighted by atomic mass is 19.1. The number of benzene rings is 1. The number of nitrogens with one attached hydrogen (secondary N) is 1. The van der Waals surface area contributed by atoms with Crippen molar-refractivity contribution >= 4 is 11.8 Å². The number of amides is 2. The first-order chi connectivity index (χ1) is 12.5. The van der Waals surface area contributed by atoms with Crippen molar-refractivity contribution in [2.45, 2.75) is 38.8 Å². The lowest BCUT2D eigenvalue weighted by Crippen LogP contribution is -2.37. The lowest BCUT2D eigenvalue weighted by atomic mass is 10.1. The molecule has 1 aliphatic rings. The van der Waals surface area contributed by atoms with Gasteiger partial charge in [-0.3, -0.25) is 14.3 Å². The summed E-state index contributed by atoms with van der Waals surface area (Å²) in [5.74, 6) is -0.294. The minimum Gasteiger partial charge on any atom is -0.351 e.